The van der Waals surface area contributed by atoms with Crippen molar-refractivity contribution >= 4 is 43.9 Å². The average molecular weight is 422 g/mol. The molecule has 1 amide bonds. The molecule has 3 aromatic rings. The number of amidine groups is 1. The van der Waals surface area contributed by atoms with Gasteiger partial charge in [0.2, 0.25) is 0 Å². The molecule has 0 saturated carbocycles. The number of rotatable bonds is 5. The van der Waals surface area contributed by atoms with E-state index in [1.165, 1.54) is 6.07 Å². The Hall–Kier alpha value is -3.19. The summed E-state index contributed by atoms with van der Waals surface area (Å²) in [6.07, 6.45) is 1.90. The van der Waals surface area contributed by atoms with Gasteiger partial charge in [0.25, 0.3) is 15.9 Å². The maximum absolute atomic E-state index is 12.9. The fourth-order valence-electron chi connectivity index (χ4n) is 3.66. The molecule has 6 nitrogen and oxygen atoms in total. The Bertz CT molecular complexity index is 1260. The second-order valence-electron chi connectivity index (χ2n) is 7.28. The number of anilines is 2. The first-order valence-electron chi connectivity index (χ1n) is 9.93. The smallest absolute Gasteiger partial charge is 0.286 e. The Morgan fingerprint density at radius 3 is 2.63 bits per heavy atom. The molecule has 7 heteroatoms. The van der Waals surface area contributed by atoms with E-state index in [0.717, 1.165) is 23.6 Å². The molecule has 0 spiro atoms. The maximum atomic E-state index is 12.9. The molecule has 4 rings (SSSR count). The summed E-state index contributed by atoms with van der Waals surface area (Å²) in [5.41, 5.74) is 1.52. The number of carbonyl (C=O) groups is 1. The Morgan fingerprint density at radius 1 is 1.07 bits per heavy atom. The second kappa shape index (κ2) is 7.91. The van der Waals surface area contributed by atoms with Crippen molar-refractivity contribution in [2.24, 2.45) is 4.40 Å². The molecule has 0 saturated heterocycles. The molecule has 1 aliphatic heterocycles. The van der Waals surface area contributed by atoms with Crippen LogP contribution in [-0.2, 0) is 10.0 Å². The monoisotopic (exact) mass is 421 g/mol. The first-order chi connectivity index (χ1) is 14.4. The van der Waals surface area contributed by atoms with E-state index in [2.05, 4.69) is 16.6 Å². The summed E-state index contributed by atoms with van der Waals surface area (Å²) in [4.78, 5) is 14.9. The second-order valence-corrected chi connectivity index (χ2v) is 8.85. The number of hydrogen-bond acceptors (Lipinski definition) is 4. The van der Waals surface area contributed by atoms with Gasteiger partial charge in [-0.1, -0.05) is 49.7 Å². The molecular formula is C23H23N3O3S. The Kier molecular flexibility index (Phi) is 5.30. The van der Waals surface area contributed by atoms with Crippen molar-refractivity contribution < 1.29 is 13.2 Å². The lowest BCUT2D eigenvalue weighted by Crippen LogP contribution is -2.34. The van der Waals surface area contributed by atoms with Gasteiger partial charge in [-0.05, 0) is 43.0 Å². The van der Waals surface area contributed by atoms with Crippen molar-refractivity contribution in [1.82, 2.24) is 0 Å². The number of nitrogens with zero attached hydrogens (tertiary/aromatic N) is 2. The SMILES string of the molecule is CCCCN1C(C)=NS(=O)(=O)c2cc(C(=O)Nc3cccc4ccccc34)ccc21. The van der Waals surface area contributed by atoms with E-state index >= 15 is 0 Å². The standard InChI is InChI=1S/C23H23N3O3S/c1-3-4-14-26-16(2)25-30(28,29)22-15-18(12-13-21(22)26)23(27)24-20-11-7-9-17-8-5-6-10-19(17)20/h5-13,15H,3-4,14H2,1-2H3,(H,24,27). The largest absolute Gasteiger partial charge is 0.328 e. The van der Waals surface area contributed by atoms with Crippen LogP contribution in [0.15, 0.2) is 70.0 Å². The lowest BCUT2D eigenvalue weighted by molar-refractivity contribution is 0.102. The summed E-state index contributed by atoms with van der Waals surface area (Å²) < 4.78 is 29.2. The number of unbranched alkanes of at least 4 members (excludes halogenated alkanes) is 1. The number of sulfonamides is 1. The van der Waals surface area contributed by atoms with Crippen LogP contribution in [0.1, 0.15) is 37.0 Å². The van der Waals surface area contributed by atoms with Crippen LogP contribution < -0.4 is 10.2 Å². The molecule has 1 aliphatic rings. The highest BCUT2D eigenvalue weighted by atomic mass is 32.2. The van der Waals surface area contributed by atoms with Crippen LogP contribution >= 0.6 is 0 Å². The van der Waals surface area contributed by atoms with Crippen molar-refractivity contribution in [3.05, 3.63) is 66.2 Å². The van der Waals surface area contributed by atoms with E-state index in [1.807, 2.05) is 47.4 Å². The summed E-state index contributed by atoms with van der Waals surface area (Å²) in [5.74, 6) is 0.0830. The summed E-state index contributed by atoms with van der Waals surface area (Å²) >= 11 is 0. The molecule has 154 valence electrons. The fraction of sp³-hybridized carbons (Fsp3) is 0.217. The number of amides is 1. The summed E-state index contributed by atoms with van der Waals surface area (Å²) in [7, 11) is -3.85. The Morgan fingerprint density at radius 2 is 1.83 bits per heavy atom. The van der Waals surface area contributed by atoms with Gasteiger partial charge >= 0.3 is 0 Å². The molecule has 3 aromatic carbocycles. The van der Waals surface area contributed by atoms with Crippen LogP contribution in [0, 0.1) is 0 Å². The van der Waals surface area contributed by atoms with Crippen LogP contribution in [-0.4, -0.2) is 26.7 Å². The van der Waals surface area contributed by atoms with Crippen molar-refractivity contribution in [3.63, 3.8) is 0 Å². The fourth-order valence-corrected chi connectivity index (χ4v) is 4.92. The molecule has 0 atom stereocenters. The molecule has 0 fully saturated rings. The number of benzene rings is 3. The Labute approximate surface area is 176 Å². The van der Waals surface area contributed by atoms with E-state index in [0.29, 0.717) is 23.8 Å². The molecule has 30 heavy (non-hydrogen) atoms. The van der Waals surface area contributed by atoms with Crippen molar-refractivity contribution in [2.45, 2.75) is 31.6 Å². The van der Waals surface area contributed by atoms with E-state index < -0.39 is 10.0 Å². The number of hydrogen-bond donors (Lipinski definition) is 1. The zero-order valence-electron chi connectivity index (χ0n) is 16.9. The number of fused-ring (bicyclic) bond motifs is 2. The summed E-state index contributed by atoms with van der Waals surface area (Å²) in [6, 6.07) is 18.2. The summed E-state index contributed by atoms with van der Waals surface area (Å²) in [6.45, 7) is 4.45. The van der Waals surface area contributed by atoms with Crippen LogP contribution in [0.5, 0.6) is 0 Å². The maximum Gasteiger partial charge on any atom is 0.286 e. The zero-order valence-corrected chi connectivity index (χ0v) is 17.7. The number of carbonyl (C=O) groups excluding carboxylic acids is 1. The van der Waals surface area contributed by atoms with Crippen molar-refractivity contribution in [2.75, 3.05) is 16.8 Å². The first-order valence-corrected chi connectivity index (χ1v) is 11.4. The van der Waals surface area contributed by atoms with E-state index in [1.54, 1.807) is 19.1 Å². The number of nitrogens with one attached hydrogen (secondary N) is 1. The molecule has 0 aromatic heterocycles. The minimum atomic E-state index is -3.85. The third kappa shape index (κ3) is 3.68. The minimum Gasteiger partial charge on any atom is -0.328 e. The molecule has 0 aliphatic carbocycles. The van der Waals surface area contributed by atoms with Crippen LogP contribution in [0.4, 0.5) is 11.4 Å². The van der Waals surface area contributed by atoms with Gasteiger partial charge in [0.15, 0.2) is 0 Å². The lowest BCUT2D eigenvalue weighted by atomic mass is 10.1. The quantitative estimate of drug-likeness (QED) is 0.641. The van der Waals surface area contributed by atoms with Crippen LogP contribution in [0.25, 0.3) is 10.8 Å². The van der Waals surface area contributed by atoms with E-state index in [4.69, 9.17) is 0 Å². The van der Waals surface area contributed by atoms with Gasteiger partial charge in [0.1, 0.15) is 10.7 Å². The molecular weight excluding hydrogens is 398 g/mol. The van der Waals surface area contributed by atoms with Gasteiger partial charge in [-0.2, -0.15) is 8.42 Å². The molecule has 1 N–H and O–H groups in total. The lowest BCUT2D eigenvalue weighted by Gasteiger charge is -2.29. The molecule has 0 bridgehead atoms. The Balaban J connectivity index is 1.69. The third-order valence-electron chi connectivity index (χ3n) is 5.21. The first kappa shape index (κ1) is 20.1. The van der Waals surface area contributed by atoms with Crippen molar-refractivity contribution in [1.29, 1.82) is 0 Å². The zero-order chi connectivity index (χ0) is 21.3. The van der Waals surface area contributed by atoms with Crippen molar-refractivity contribution in [3.8, 4) is 0 Å². The highest BCUT2D eigenvalue weighted by molar-refractivity contribution is 7.90. The predicted octanol–water partition coefficient (Wildman–Crippen LogP) is 4.82. The normalized spacial score (nSPS) is 14.9. The average Bonchev–Trinajstić information content (AvgIpc) is 2.73. The molecule has 0 radical (unpaired) electrons. The van der Waals surface area contributed by atoms with Crippen LogP contribution in [0.3, 0.4) is 0 Å². The van der Waals surface area contributed by atoms with Gasteiger partial charge in [0, 0.05) is 23.2 Å². The van der Waals surface area contributed by atoms with Gasteiger partial charge in [-0.3, -0.25) is 4.79 Å². The summed E-state index contributed by atoms with van der Waals surface area (Å²) in [5, 5.41) is 4.84. The van der Waals surface area contributed by atoms with Gasteiger partial charge in [-0.25, -0.2) is 0 Å². The minimum absolute atomic E-state index is 0.0646. The third-order valence-corrected chi connectivity index (χ3v) is 6.59. The van der Waals surface area contributed by atoms with Gasteiger partial charge in [-0.15, -0.1) is 4.40 Å². The van der Waals surface area contributed by atoms with E-state index in [-0.39, 0.29) is 16.4 Å². The predicted molar refractivity (Wildman–Crippen MR) is 121 cm³/mol. The van der Waals surface area contributed by atoms with Crippen LogP contribution in [0.2, 0.25) is 0 Å². The molecule has 1 heterocycles. The van der Waals surface area contributed by atoms with Gasteiger partial charge in [0.05, 0.1) is 5.69 Å². The highest BCUT2D eigenvalue weighted by Gasteiger charge is 2.29. The molecule has 0 unspecified atom stereocenters. The van der Waals surface area contributed by atoms with Gasteiger partial charge < -0.3 is 10.2 Å². The topological polar surface area (TPSA) is 78.8 Å². The van der Waals surface area contributed by atoms with E-state index in [9.17, 15) is 13.2 Å². The highest BCUT2D eigenvalue weighted by Crippen LogP contribution is 2.33.